The molecule has 5 nitrogen and oxygen atoms in total. The van der Waals surface area contributed by atoms with E-state index in [0.717, 1.165) is 9.86 Å². The van der Waals surface area contributed by atoms with Crippen molar-refractivity contribution in [3.63, 3.8) is 0 Å². The number of amides is 2. The molecule has 1 aliphatic rings. The fourth-order valence-corrected chi connectivity index (χ4v) is 3.17. The zero-order chi connectivity index (χ0) is 16.1. The third-order valence-corrected chi connectivity index (χ3v) is 4.42. The topological polar surface area (TPSA) is 63.4 Å². The van der Waals surface area contributed by atoms with Crippen molar-refractivity contribution in [1.29, 1.82) is 0 Å². The number of rotatable bonds is 2. The summed E-state index contributed by atoms with van der Waals surface area (Å²) in [6.45, 7) is 1.77. The van der Waals surface area contributed by atoms with E-state index < -0.39 is 6.04 Å². The van der Waals surface area contributed by atoms with Gasteiger partial charge >= 0.3 is 0 Å². The average molecular weight is 371 g/mol. The monoisotopic (exact) mass is 370 g/mol. The first-order valence-electron chi connectivity index (χ1n) is 7.08. The Morgan fingerprint density at radius 3 is 2.43 bits per heavy atom. The van der Waals surface area contributed by atoms with E-state index in [1.807, 2.05) is 6.07 Å². The number of pyridine rings is 1. The van der Waals surface area contributed by atoms with Gasteiger partial charge < -0.3 is 4.42 Å². The number of hydrogen-bond donors (Lipinski definition) is 0. The zero-order valence-corrected chi connectivity index (χ0v) is 13.7. The molecule has 6 heteroatoms. The summed E-state index contributed by atoms with van der Waals surface area (Å²) in [5, 5.41) is 0.817. The number of carbonyl (C=O) groups excluding carboxylic acids is 2. The number of furan rings is 1. The quantitative estimate of drug-likeness (QED) is 0.640. The Morgan fingerprint density at radius 1 is 1.13 bits per heavy atom. The first-order chi connectivity index (χ1) is 11.1. The van der Waals surface area contributed by atoms with E-state index in [4.69, 9.17) is 4.42 Å². The van der Waals surface area contributed by atoms with Gasteiger partial charge in [-0.25, -0.2) is 4.98 Å². The van der Waals surface area contributed by atoms with E-state index in [1.165, 1.54) is 4.90 Å². The van der Waals surface area contributed by atoms with Gasteiger partial charge in [-0.1, -0.05) is 12.1 Å². The van der Waals surface area contributed by atoms with Crippen molar-refractivity contribution in [1.82, 2.24) is 9.88 Å². The molecule has 0 spiro atoms. The van der Waals surface area contributed by atoms with Crippen LogP contribution < -0.4 is 0 Å². The Morgan fingerprint density at radius 2 is 1.78 bits per heavy atom. The molecule has 0 saturated heterocycles. The highest BCUT2D eigenvalue weighted by Gasteiger charge is 2.39. The Bertz CT molecular complexity index is 928. The molecule has 0 saturated carbocycles. The molecule has 3 aromatic rings. The van der Waals surface area contributed by atoms with Crippen molar-refractivity contribution < 1.29 is 14.0 Å². The van der Waals surface area contributed by atoms with Crippen LogP contribution in [0.2, 0.25) is 0 Å². The fraction of sp³-hybridized carbons (Fsp3) is 0.118. The van der Waals surface area contributed by atoms with Gasteiger partial charge in [0.1, 0.15) is 5.76 Å². The molecule has 0 radical (unpaired) electrons. The second-order valence-corrected chi connectivity index (χ2v) is 6.31. The van der Waals surface area contributed by atoms with Gasteiger partial charge in [0.05, 0.1) is 17.2 Å². The predicted molar refractivity (Wildman–Crippen MR) is 87.1 cm³/mol. The minimum absolute atomic E-state index is 0.298. The van der Waals surface area contributed by atoms with Crippen LogP contribution in [0.15, 0.2) is 51.5 Å². The Labute approximate surface area is 140 Å². The number of benzene rings is 1. The molecule has 23 heavy (non-hydrogen) atoms. The number of fused-ring (bicyclic) bond motifs is 2. The van der Waals surface area contributed by atoms with Gasteiger partial charge in [-0.3, -0.25) is 14.5 Å². The maximum absolute atomic E-state index is 12.5. The number of carbonyl (C=O) groups is 2. The normalized spacial score (nSPS) is 15.3. The lowest BCUT2D eigenvalue weighted by Gasteiger charge is -2.20. The lowest BCUT2D eigenvalue weighted by Crippen LogP contribution is -2.32. The minimum Gasteiger partial charge on any atom is -0.441 e. The predicted octanol–water partition coefficient (Wildman–Crippen LogP) is 3.95. The van der Waals surface area contributed by atoms with E-state index in [2.05, 4.69) is 20.9 Å². The SMILES string of the molecule is C[C@@H](c1cc2cc(Br)cnc2o1)N1C(=O)c2ccccc2C1=O. The summed E-state index contributed by atoms with van der Waals surface area (Å²) in [5.41, 5.74) is 1.34. The number of hydrogen-bond acceptors (Lipinski definition) is 4. The van der Waals surface area contributed by atoms with Gasteiger partial charge in [0.2, 0.25) is 5.71 Å². The van der Waals surface area contributed by atoms with Crippen molar-refractivity contribution >= 4 is 38.8 Å². The third kappa shape index (κ3) is 2.09. The molecule has 2 amide bonds. The number of aromatic nitrogens is 1. The highest BCUT2D eigenvalue weighted by Crippen LogP contribution is 2.33. The fourth-order valence-electron chi connectivity index (χ4n) is 2.82. The molecule has 0 bridgehead atoms. The van der Waals surface area contributed by atoms with Crippen molar-refractivity contribution in [3.05, 3.63) is 64.0 Å². The second-order valence-electron chi connectivity index (χ2n) is 5.40. The Hall–Kier alpha value is -2.47. The number of imide groups is 1. The van der Waals surface area contributed by atoms with Crippen LogP contribution in [-0.4, -0.2) is 21.7 Å². The summed E-state index contributed by atoms with van der Waals surface area (Å²) in [6.07, 6.45) is 1.64. The summed E-state index contributed by atoms with van der Waals surface area (Å²) in [4.78, 5) is 30.5. The molecule has 0 N–H and O–H groups in total. The average Bonchev–Trinajstić information content (AvgIpc) is 3.07. The van der Waals surface area contributed by atoms with Gasteiger partial charge in [0, 0.05) is 16.1 Å². The van der Waals surface area contributed by atoms with Crippen LogP contribution in [0.1, 0.15) is 39.4 Å². The highest BCUT2D eigenvalue weighted by atomic mass is 79.9. The molecule has 2 aromatic heterocycles. The largest absolute Gasteiger partial charge is 0.441 e. The van der Waals surface area contributed by atoms with Crippen molar-refractivity contribution in [2.24, 2.45) is 0 Å². The van der Waals surface area contributed by atoms with E-state index in [0.29, 0.717) is 22.6 Å². The molecule has 0 fully saturated rings. The maximum Gasteiger partial charge on any atom is 0.262 e. The first kappa shape index (κ1) is 14.1. The van der Waals surface area contributed by atoms with Gasteiger partial charge in [0.15, 0.2) is 0 Å². The van der Waals surface area contributed by atoms with Gasteiger partial charge in [0.25, 0.3) is 11.8 Å². The van der Waals surface area contributed by atoms with Crippen LogP contribution in [0.25, 0.3) is 11.1 Å². The molecular weight excluding hydrogens is 360 g/mol. The summed E-state index contributed by atoms with van der Waals surface area (Å²) in [7, 11) is 0. The third-order valence-electron chi connectivity index (χ3n) is 3.98. The molecule has 1 aromatic carbocycles. The molecule has 1 atom stereocenters. The van der Waals surface area contributed by atoms with E-state index >= 15 is 0 Å². The molecule has 3 heterocycles. The highest BCUT2D eigenvalue weighted by molar-refractivity contribution is 9.10. The maximum atomic E-state index is 12.5. The van der Waals surface area contributed by atoms with E-state index in [9.17, 15) is 9.59 Å². The van der Waals surface area contributed by atoms with E-state index in [1.54, 1.807) is 43.5 Å². The summed E-state index contributed by atoms with van der Waals surface area (Å²) in [6, 6.07) is 10.0. The van der Waals surface area contributed by atoms with Crippen molar-refractivity contribution in [2.75, 3.05) is 0 Å². The van der Waals surface area contributed by atoms with Crippen molar-refractivity contribution in [3.8, 4) is 0 Å². The summed E-state index contributed by atoms with van der Waals surface area (Å²) >= 11 is 3.36. The Balaban J connectivity index is 1.75. The molecule has 1 aliphatic heterocycles. The number of nitrogens with zero attached hydrogens (tertiary/aromatic N) is 2. The Kier molecular flexibility index (Phi) is 3.09. The molecular formula is C17H11BrN2O3. The van der Waals surface area contributed by atoms with Crippen molar-refractivity contribution in [2.45, 2.75) is 13.0 Å². The van der Waals surface area contributed by atoms with Gasteiger partial charge in [-0.2, -0.15) is 0 Å². The molecule has 0 unspecified atom stereocenters. The number of halogens is 1. The van der Waals surface area contributed by atoms with Crippen LogP contribution in [0, 0.1) is 0 Å². The smallest absolute Gasteiger partial charge is 0.262 e. The van der Waals surface area contributed by atoms with Crippen LogP contribution in [0.4, 0.5) is 0 Å². The standard InChI is InChI=1S/C17H11BrN2O3/c1-9(14-7-10-6-11(18)8-19-15(10)23-14)20-16(21)12-4-2-3-5-13(12)17(20)22/h2-9H,1H3/t9-/m0/s1. The first-order valence-corrected chi connectivity index (χ1v) is 7.87. The van der Waals surface area contributed by atoms with Crippen LogP contribution >= 0.6 is 15.9 Å². The summed E-state index contributed by atoms with van der Waals surface area (Å²) in [5.74, 6) is -0.0690. The molecule has 114 valence electrons. The second kappa shape index (κ2) is 5.03. The van der Waals surface area contributed by atoms with Crippen LogP contribution in [0.3, 0.4) is 0 Å². The van der Waals surface area contributed by atoms with E-state index in [-0.39, 0.29) is 11.8 Å². The van der Waals surface area contributed by atoms with Gasteiger partial charge in [-0.05, 0) is 47.1 Å². The van der Waals surface area contributed by atoms with Gasteiger partial charge in [-0.15, -0.1) is 0 Å². The lowest BCUT2D eigenvalue weighted by molar-refractivity contribution is 0.0579. The van der Waals surface area contributed by atoms with Crippen LogP contribution in [-0.2, 0) is 0 Å². The lowest BCUT2D eigenvalue weighted by atomic mass is 10.1. The molecule has 0 aliphatic carbocycles. The van der Waals surface area contributed by atoms with Crippen LogP contribution in [0.5, 0.6) is 0 Å². The zero-order valence-electron chi connectivity index (χ0n) is 12.1. The summed E-state index contributed by atoms with van der Waals surface area (Å²) < 4.78 is 6.55. The molecule has 4 rings (SSSR count). The minimum atomic E-state index is -0.504.